The molecule has 4 rings (SSSR count). The number of thiazole rings is 1. The maximum Gasteiger partial charge on any atom is 0.307 e. The Morgan fingerprint density at radius 3 is 2.38 bits per heavy atom. The first-order chi connectivity index (χ1) is 15.5. The fraction of sp³-hybridized carbons (Fsp3) is 0.125. The third-order valence-corrected chi connectivity index (χ3v) is 6.13. The molecule has 0 fully saturated rings. The Morgan fingerprint density at radius 2 is 1.66 bits per heavy atom. The third-order valence-electron chi connectivity index (χ3n) is 4.60. The van der Waals surface area contributed by atoms with Crippen molar-refractivity contribution < 1.29 is 14.3 Å². The summed E-state index contributed by atoms with van der Waals surface area (Å²) >= 11 is 13.6. The van der Waals surface area contributed by atoms with Gasteiger partial charge in [0.15, 0.2) is 0 Å². The van der Waals surface area contributed by atoms with Crippen molar-refractivity contribution in [3.8, 4) is 0 Å². The standard InChI is InChI=1S/C24H18Cl2N2O3S/c25-16-12-17(26)14-18(13-16)27-24(30)23(15-6-2-1-3-7-15)31-22(29)11-10-21-28-19-8-4-5-9-20(19)32-21/h1-9,12-14,23H,10-11H2,(H,27,30)/t23-/m1/s1. The summed E-state index contributed by atoms with van der Waals surface area (Å²) in [6.07, 6.45) is -0.568. The predicted molar refractivity (Wildman–Crippen MR) is 128 cm³/mol. The largest absolute Gasteiger partial charge is 0.447 e. The molecule has 0 aliphatic carbocycles. The number of ether oxygens (including phenoxy) is 1. The number of aromatic nitrogens is 1. The van der Waals surface area contributed by atoms with E-state index in [0.29, 0.717) is 27.7 Å². The number of rotatable bonds is 7. The lowest BCUT2D eigenvalue weighted by Crippen LogP contribution is -2.26. The van der Waals surface area contributed by atoms with Gasteiger partial charge < -0.3 is 10.1 Å². The zero-order chi connectivity index (χ0) is 22.5. The summed E-state index contributed by atoms with van der Waals surface area (Å²) in [7, 11) is 0. The molecule has 8 heteroatoms. The van der Waals surface area contributed by atoms with Gasteiger partial charge in [-0.25, -0.2) is 4.98 Å². The van der Waals surface area contributed by atoms with Crippen LogP contribution in [0.15, 0.2) is 72.8 Å². The van der Waals surface area contributed by atoms with Crippen LogP contribution >= 0.6 is 34.5 Å². The van der Waals surface area contributed by atoms with Gasteiger partial charge in [0.2, 0.25) is 6.10 Å². The molecule has 0 aliphatic heterocycles. The lowest BCUT2D eigenvalue weighted by molar-refractivity contribution is -0.154. The maximum absolute atomic E-state index is 13.0. The second kappa shape index (κ2) is 10.1. The van der Waals surface area contributed by atoms with Crippen molar-refractivity contribution in [1.82, 2.24) is 4.98 Å². The van der Waals surface area contributed by atoms with E-state index in [1.807, 2.05) is 30.3 Å². The van der Waals surface area contributed by atoms with E-state index in [4.69, 9.17) is 27.9 Å². The molecule has 4 aromatic rings. The topological polar surface area (TPSA) is 68.3 Å². The van der Waals surface area contributed by atoms with Crippen LogP contribution in [-0.2, 0) is 20.7 Å². The average molecular weight is 485 g/mol. The van der Waals surface area contributed by atoms with Gasteiger partial charge in [0.25, 0.3) is 5.91 Å². The number of hydrogen-bond donors (Lipinski definition) is 1. The minimum absolute atomic E-state index is 0.111. The first kappa shape index (κ1) is 22.3. The van der Waals surface area contributed by atoms with Gasteiger partial charge >= 0.3 is 5.97 Å². The summed E-state index contributed by atoms with van der Waals surface area (Å²) in [4.78, 5) is 30.1. The van der Waals surface area contributed by atoms with Crippen molar-refractivity contribution >= 4 is 62.3 Å². The van der Waals surface area contributed by atoms with E-state index in [2.05, 4.69) is 10.3 Å². The van der Waals surface area contributed by atoms with Crippen LogP contribution in [0.3, 0.4) is 0 Å². The Labute approximate surface area is 199 Å². The van der Waals surface area contributed by atoms with E-state index in [1.54, 1.807) is 53.8 Å². The molecule has 0 saturated heterocycles. The molecule has 1 N–H and O–H groups in total. The van der Waals surface area contributed by atoms with Gasteiger partial charge in [-0.1, -0.05) is 65.7 Å². The molecule has 1 atom stereocenters. The number of nitrogens with zero attached hydrogens (tertiary/aromatic N) is 1. The summed E-state index contributed by atoms with van der Waals surface area (Å²) in [6, 6.07) is 21.4. The molecule has 3 aromatic carbocycles. The molecular formula is C24H18Cl2N2O3S. The number of fused-ring (bicyclic) bond motifs is 1. The van der Waals surface area contributed by atoms with E-state index < -0.39 is 18.0 Å². The Morgan fingerprint density at radius 1 is 0.969 bits per heavy atom. The quantitative estimate of drug-likeness (QED) is 0.305. The molecule has 1 aromatic heterocycles. The predicted octanol–water partition coefficient (Wildman–Crippen LogP) is 6.46. The van der Waals surface area contributed by atoms with Crippen LogP contribution in [-0.4, -0.2) is 16.9 Å². The highest BCUT2D eigenvalue weighted by Gasteiger charge is 2.25. The molecule has 5 nitrogen and oxygen atoms in total. The van der Waals surface area contributed by atoms with Gasteiger partial charge in [-0.2, -0.15) is 0 Å². The highest BCUT2D eigenvalue weighted by Crippen LogP contribution is 2.26. The molecule has 0 aliphatic rings. The Balaban J connectivity index is 1.46. The Kier molecular flexibility index (Phi) is 7.05. The molecule has 0 saturated carbocycles. The number of anilines is 1. The lowest BCUT2D eigenvalue weighted by Gasteiger charge is -2.18. The van der Waals surface area contributed by atoms with E-state index in [1.165, 1.54) is 0 Å². The van der Waals surface area contributed by atoms with Crippen LogP contribution in [0.1, 0.15) is 23.1 Å². The van der Waals surface area contributed by atoms with E-state index in [0.717, 1.165) is 15.2 Å². The number of carbonyl (C=O) groups is 2. The van der Waals surface area contributed by atoms with Gasteiger partial charge in [-0.3, -0.25) is 9.59 Å². The van der Waals surface area contributed by atoms with Crippen molar-refractivity contribution in [1.29, 1.82) is 0 Å². The molecule has 1 heterocycles. The fourth-order valence-electron chi connectivity index (χ4n) is 3.16. The van der Waals surface area contributed by atoms with Crippen LogP contribution < -0.4 is 5.32 Å². The number of hydrogen-bond acceptors (Lipinski definition) is 5. The van der Waals surface area contributed by atoms with Crippen molar-refractivity contribution in [3.05, 3.63) is 93.4 Å². The smallest absolute Gasteiger partial charge is 0.307 e. The summed E-state index contributed by atoms with van der Waals surface area (Å²) in [6.45, 7) is 0. The molecule has 162 valence electrons. The third kappa shape index (κ3) is 5.65. The Hall–Kier alpha value is -2.93. The fourth-order valence-corrected chi connectivity index (χ4v) is 4.65. The normalized spacial score (nSPS) is 11.8. The first-order valence-electron chi connectivity index (χ1n) is 9.84. The number of carbonyl (C=O) groups excluding carboxylic acids is 2. The number of halogens is 2. The van der Waals surface area contributed by atoms with Crippen molar-refractivity contribution in [3.63, 3.8) is 0 Å². The summed E-state index contributed by atoms with van der Waals surface area (Å²) in [5.41, 5.74) is 1.88. The van der Waals surface area contributed by atoms with Crippen LogP contribution in [0, 0.1) is 0 Å². The van der Waals surface area contributed by atoms with E-state index in [-0.39, 0.29) is 6.42 Å². The molecular weight excluding hydrogens is 467 g/mol. The SMILES string of the molecule is O=C(CCc1nc2ccccc2s1)O[C@@H](C(=O)Nc1cc(Cl)cc(Cl)c1)c1ccccc1. The lowest BCUT2D eigenvalue weighted by atomic mass is 10.1. The van der Waals surface area contributed by atoms with Gasteiger partial charge in [0.05, 0.1) is 21.6 Å². The van der Waals surface area contributed by atoms with Crippen LogP contribution in [0.25, 0.3) is 10.2 Å². The number of aryl methyl sites for hydroxylation is 1. The van der Waals surface area contributed by atoms with Gasteiger partial charge in [-0.05, 0) is 30.3 Å². The van der Waals surface area contributed by atoms with Gasteiger partial charge in [-0.15, -0.1) is 11.3 Å². The summed E-state index contributed by atoms with van der Waals surface area (Å²) in [5.74, 6) is -0.986. The second-order valence-electron chi connectivity index (χ2n) is 7.00. The molecule has 1 amide bonds. The Bertz CT molecular complexity index is 1210. The first-order valence-corrected chi connectivity index (χ1v) is 11.4. The highest BCUT2D eigenvalue weighted by molar-refractivity contribution is 7.18. The maximum atomic E-state index is 13.0. The van der Waals surface area contributed by atoms with Crippen molar-refractivity contribution in [2.45, 2.75) is 18.9 Å². The molecule has 0 radical (unpaired) electrons. The molecule has 0 bridgehead atoms. The highest BCUT2D eigenvalue weighted by atomic mass is 35.5. The zero-order valence-electron chi connectivity index (χ0n) is 16.8. The monoisotopic (exact) mass is 484 g/mol. The number of para-hydroxylation sites is 1. The molecule has 0 unspecified atom stereocenters. The number of nitrogens with one attached hydrogen (secondary N) is 1. The molecule has 32 heavy (non-hydrogen) atoms. The van der Waals surface area contributed by atoms with Crippen LogP contribution in [0.5, 0.6) is 0 Å². The summed E-state index contributed by atoms with van der Waals surface area (Å²) in [5, 5.41) is 4.34. The van der Waals surface area contributed by atoms with Crippen molar-refractivity contribution in [2.24, 2.45) is 0 Å². The van der Waals surface area contributed by atoms with Crippen molar-refractivity contribution in [2.75, 3.05) is 5.32 Å². The van der Waals surface area contributed by atoms with Crippen LogP contribution in [0.2, 0.25) is 10.0 Å². The molecule has 0 spiro atoms. The number of benzene rings is 3. The van der Waals surface area contributed by atoms with Gasteiger partial charge in [0, 0.05) is 27.7 Å². The van der Waals surface area contributed by atoms with E-state index >= 15 is 0 Å². The second-order valence-corrected chi connectivity index (χ2v) is 8.99. The van der Waals surface area contributed by atoms with E-state index in [9.17, 15) is 9.59 Å². The minimum Gasteiger partial charge on any atom is -0.447 e. The minimum atomic E-state index is -1.11. The zero-order valence-corrected chi connectivity index (χ0v) is 19.1. The summed E-state index contributed by atoms with van der Waals surface area (Å²) < 4.78 is 6.65. The number of esters is 1. The average Bonchev–Trinajstić information content (AvgIpc) is 3.19. The van der Waals surface area contributed by atoms with Gasteiger partial charge in [0.1, 0.15) is 0 Å². The van der Waals surface area contributed by atoms with Crippen LogP contribution in [0.4, 0.5) is 5.69 Å². The number of amides is 1.